The Bertz CT molecular complexity index is 810. The van der Waals surface area contributed by atoms with Crippen molar-refractivity contribution in [1.29, 1.82) is 0 Å². The largest absolute Gasteiger partial charge is 0.467 e. The van der Waals surface area contributed by atoms with Crippen LogP contribution in [0.3, 0.4) is 0 Å². The van der Waals surface area contributed by atoms with Gasteiger partial charge in [0.15, 0.2) is 6.79 Å². The molecule has 0 amide bonds. The van der Waals surface area contributed by atoms with Gasteiger partial charge in [-0.15, -0.1) is 0 Å². The van der Waals surface area contributed by atoms with Crippen molar-refractivity contribution in [3.05, 3.63) is 53.7 Å². The summed E-state index contributed by atoms with van der Waals surface area (Å²) in [5, 5.41) is 5.58. The highest BCUT2D eigenvalue weighted by molar-refractivity contribution is 5.78. The number of aromatic nitrogens is 2. The molecule has 0 spiro atoms. The van der Waals surface area contributed by atoms with Crippen molar-refractivity contribution in [3.8, 4) is 5.75 Å². The number of fused-ring (bicyclic) bond motifs is 2. The quantitative estimate of drug-likeness (QED) is 0.733. The summed E-state index contributed by atoms with van der Waals surface area (Å²) in [6, 6.07) is 12.0. The van der Waals surface area contributed by atoms with Crippen LogP contribution in [0.25, 0.3) is 10.9 Å². The minimum absolute atomic E-state index is 0.282. The maximum atomic E-state index is 5.98. The lowest BCUT2D eigenvalue weighted by molar-refractivity contribution is -0.0170. The molecule has 0 aliphatic carbocycles. The van der Waals surface area contributed by atoms with Gasteiger partial charge in [0, 0.05) is 22.2 Å². The van der Waals surface area contributed by atoms with Crippen LogP contribution in [0.4, 0.5) is 5.69 Å². The van der Waals surface area contributed by atoms with Crippen molar-refractivity contribution in [2.45, 2.75) is 13.2 Å². The molecule has 5 nitrogen and oxygen atoms in total. The van der Waals surface area contributed by atoms with E-state index in [-0.39, 0.29) is 6.79 Å². The molecule has 4 rings (SSSR count). The lowest BCUT2D eigenvalue weighted by Crippen LogP contribution is -2.15. The van der Waals surface area contributed by atoms with E-state index in [1.165, 1.54) is 0 Å². The number of nitrogen functional groups attached to an aromatic ring is 1. The first-order chi connectivity index (χ1) is 10.3. The van der Waals surface area contributed by atoms with Gasteiger partial charge in [-0.2, -0.15) is 5.10 Å². The fourth-order valence-electron chi connectivity index (χ4n) is 2.76. The predicted octanol–water partition coefficient (Wildman–Crippen LogP) is 2.53. The molecule has 0 radical (unpaired) electrons. The average Bonchev–Trinajstić information content (AvgIpc) is 2.90. The third-order valence-corrected chi connectivity index (χ3v) is 3.68. The topological polar surface area (TPSA) is 62.3 Å². The van der Waals surface area contributed by atoms with E-state index in [1.807, 2.05) is 35.1 Å². The Kier molecular flexibility index (Phi) is 2.79. The van der Waals surface area contributed by atoms with E-state index in [2.05, 4.69) is 17.2 Å². The minimum Gasteiger partial charge on any atom is -0.467 e. The molecule has 0 fully saturated rings. The molecule has 1 aromatic heterocycles. The van der Waals surface area contributed by atoms with E-state index in [0.717, 1.165) is 27.8 Å². The van der Waals surface area contributed by atoms with Crippen molar-refractivity contribution < 1.29 is 9.47 Å². The van der Waals surface area contributed by atoms with Gasteiger partial charge in [0.2, 0.25) is 0 Å². The van der Waals surface area contributed by atoms with Gasteiger partial charge in [-0.05, 0) is 18.2 Å². The molecule has 0 unspecified atom stereocenters. The molecule has 2 aromatic carbocycles. The maximum absolute atomic E-state index is 5.98. The van der Waals surface area contributed by atoms with Crippen LogP contribution in [-0.4, -0.2) is 16.6 Å². The second-order valence-electron chi connectivity index (χ2n) is 5.14. The zero-order chi connectivity index (χ0) is 14.2. The smallest absolute Gasteiger partial charge is 0.189 e. The van der Waals surface area contributed by atoms with Crippen molar-refractivity contribution in [1.82, 2.24) is 9.78 Å². The molecule has 2 N–H and O–H groups in total. The third kappa shape index (κ3) is 2.11. The number of rotatable bonds is 2. The number of anilines is 1. The average molecular weight is 281 g/mol. The van der Waals surface area contributed by atoms with Crippen LogP contribution >= 0.6 is 0 Å². The molecule has 106 valence electrons. The lowest BCUT2D eigenvalue weighted by atomic mass is 10.1. The summed E-state index contributed by atoms with van der Waals surface area (Å²) in [6.07, 6.45) is 1.87. The van der Waals surface area contributed by atoms with Crippen LogP contribution in [0.15, 0.2) is 42.6 Å². The lowest BCUT2D eigenvalue weighted by Gasteiger charge is -2.21. The summed E-state index contributed by atoms with van der Waals surface area (Å²) < 4.78 is 12.9. The molecule has 1 aliphatic rings. The Morgan fingerprint density at radius 1 is 1.24 bits per heavy atom. The van der Waals surface area contributed by atoms with Gasteiger partial charge in [0.1, 0.15) is 5.75 Å². The van der Waals surface area contributed by atoms with Gasteiger partial charge in [0.05, 0.1) is 24.9 Å². The van der Waals surface area contributed by atoms with Gasteiger partial charge in [-0.25, -0.2) is 0 Å². The molecular formula is C16H15N3O2. The molecule has 3 aromatic rings. The molecular weight excluding hydrogens is 266 g/mol. The zero-order valence-corrected chi connectivity index (χ0v) is 11.5. The number of para-hydroxylation sites is 1. The van der Waals surface area contributed by atoms with E-state index < -0.39 is 0 Å². The SMILES string of the molecule is Nc1cc2c(c(Cn3ncc4ccccc43)c1)OCOC2. The summed E-state index contributed by atoms with van der Waals surface area (Å²) in [5.41, 5.74) is 9.82. The Balaban J connectivity index is 1.79. The Morgan fingerprint density at radius 3 is 3.10 bits per heavy atom. The van der Waals surface area contributed by atoms with Crippen molar-refractivity contribution in [3.63, 3.8) is 0 Å². The monoisotopic (exact) mass is 281 g/mol. The number of nitrogens with two attached hydrogens (primary N) is 1. The van der Waals surface area contributed by atoms with E-state index in [1.54, 1.807) is 0 Å². The van der Waals surface area contributed by atoms with Gasteiger partial charge in [-0.1, -0.05) is 18.2 Å². The Hall–Kier alpha value is -2.53. The first kappa shape index (κ1) is 12.2. The summed E-state index contributed by atoms with van der Waals surface area (Å²) >= 11 is 0. The van der Waals surface area contributed by atoms with E-state index in [0.29, 0.717) is 18.8 Å². The van der Waals surface area contributed by atoms with Crippen molar-refractivity contribution >= 4 is 16.6 Å². The van der Waals surface area contributed by atoms with E-state index in [4.69, 9.17) is 15.2 Å². The van der Waals surface area contributed by atoms with Gasteiger partial charge in [-0.3, -0.25) is 4.68 Å². The highest BCUT2D eigenvalue weighted by atomic mass is 16.7. The third-order valence-electron chi connectivity index (χ3n) is 3.68. The highest BCUT2D eigenvalue weighted by Crippen LogP contribution is 2.31. The number of benzene rings is 2. The number of hydrogen-bond donors (Lipinski definition) is 1. The van der Waals surface area contributed by atoms with Crippen LogP contribution in [0.2, 0.25) is 0 Å². The molecule has 0 saturated carbocycles. The van der Waals surface area contributed by atoms with Crippen LogP contribution in [-0.2, 0) is 17.9 Å². The molecule has 0 saturated heterocycles. The number of ether oxygens (including phenoxy) is 2. The van der Waals surface area contributed by atoms with Crippen molar-refractivity contribution in [2.75, 3.05) is 12.5 Å². The summed E-state index contributed by atoms with van der Waals surface area (Å²) in [6.45, 7) is 1.44. The molecule has 1 aliphatic heterocycles. The van der Waals surface area contributed by atoms with E-state index in [9.17, 15) is 0 Å². The van der Waals surface area contributed by atoms with Crippen LogP contribution in [0.5, 0.6) is 5.75 Å². The number of nitrogens with zero attached hydrogens (tertiary/aromatic N) is 2. The molecule has 0 atom stereocenters. The predicted molar refractivity (Wildman–Crippen MR) is 80.0 cm³/mol. The molecule has 21 heavy (non-hydrogen) atoms. The fourth-order valence-corrected chi connectivity index (χ4v) is 2.76. The molecule has 2 heterocycles. The second-order valence-corrected chi connectivity index (χ2v) is 5.14. The Morgan fingerprint density at radius 2 is 2.14 bits per heavy atom. The van der Waals surface area contributed by atoms with Crippen LogP contribution in [0, 0.1) is 0 Å². The fraction of sp³-hybridized carbons (Fsp3) is 0.188. The summed E-state index contributed by atoms with van der Waals surface area (Å²) in [4.78, 5) is 0. The van der Waals surface area contributed by atoms with Crippen LogP contribution < -0.4 is 10.5 Å². The van der Waals surface area contributed by atoms with Gasteiger partial charge >= 0.3 is 0 Å². The molecule has 0 bridgehead atoms. The molecule has 5 heteroatoms. The van der Waals surface area contributed by atoms with Crippen LogP contribution in [0.1, 0.15) is 11.1 Å². The van der Waals surface area contributed by atoms with Gasteiger partial charge < -0.3 is 15.2 Å². The summed E-state index contributed by atoms with van der Waals surface area (Å²) in [5.74, 6) is 0.870. The Labute approximate surface area is 121 Å². The summed E-state index contributed by atoms with van der Waals surface area (Å²) in [7, 11) is 0. The highest BCUT2D eigenvalue weighted by Gasteiger charge is 2.17. The normalized spacial score (nSPS) is 13.9. The standard InChI is InChI=1S/C16H15N3O2/c17-14-5-12(16-13(6-14)9-20-10-21-16)8-19-15-4-2-1-3-11(15)7-18-19/h1-7H,8-10,17H2. The van der Waals surface area contributed by atoms with Gasteiger partial charge in [0.25, 0.3) is 0 Å². The zero-order valence-electron chi connectivity index (χ0n) is 11.5. The number of hydrogen-bond acceptors (Lipinski definition) is 4. The first-order valence-electron chi connectivity index (χ1n) is 6.83. The maximum Gasteiger partial charge on any atom is 0.189 e. The second kappa shape index (κ2) is 4.79. The van der Waals surface area contributed by atoms with E-state index >= 15 is 0 Å². The van der Waals surface area contributed by atoms with Crippen molar-refractivity contribution in [2.24, 2.45) is 0 Å². The minimum atomic E-state index is 0.282. The first-order valence-corrected chi connectivity index (χ1v) is 6.83.